The molecule has 3 heterocycles. The number of urea groups is 1. The first-order valence-corrected chi connectivity index (χ1v) is 9.97. The van der Waals surface area contributed by atoms with E-state index in [1.165, 1.54) is 24.2 Å². The predicted molar refractivity (Wildman–Crippen MR) is 97.7 cm³/mol. The van der Waals surface area contributed by atoms with Crippen LogP contribution in [0.2, 0.25) is 0 Å². The van der Waals surface area contributed by atoms with Crippen molar-refractivity contribution in [1.82, 2.24) is 24.7 Å². The van der Waals surface area contributed by atoms with Crippen LogP contribution in [0.3, 0.4) is 0 Å². The first kappa shape index (κ1) is 17.4. The van der Waals surface area contributed by atoms with E-state index in [2.05, 4.69) is 9.88 Å². The summed E-state index contributed by atoms with van der Waals surface area (Å²) < 4.78 is 2.34. The van der Waals surface area contributed by atoms with E-state index in [1.54, 1.807) is 6.92 Å². The molecule has 7 nitrogen and oxygen atoms in total. The summed E-state index contributed by atoms with van der Waals surface area (Å²) in [4.78, 5) is 32.6. The maximum atomic E-state index is 12.6. The molecule has 1 aliphatic carbocycles. The Kier molecular flexibility index (Phi) is 4.87. The standard InChI is InChI=1S/C19H29N5O2/c1-14(25)22-8-6-15(7-9-22)12-20-19(26)23-10-11-24-17-5-3-2-4-16(17)21-18(24)13-23/h15H,2-13H2,1H3,(H,20,26). The number of likely N-dealkylation sites (tertiary alicyclic amines) is 1. The molecule has 3 amide bonds. The highest BCUT2D eigenvalue weighted by Gasteiger charge is 2.28. The number of aromatic nitrogens is 2. The fraction of sp³-hybridized carbons (Fsp3) is 0.737. The van der Waals surface area contributed by atoms with Gasteiger partial charge in [-0.15, -0.1) is 0 Å². The van der Waals surface area contributed by atoms with Crippen molar-refractivity contribution in [2.45, 2.75) is 58.5 Å². The molecule has 0 saturated carbocycles. The molecule has 0 unspecified atom stereocenters. The molecule has 7 heteroatoms. The van der Waals surface area contributed by atoms with Crippen LogP contribution in [-0.2, 0) is 30.7 Å². The minimum Gasteiger partial charge on any atom is -0.343 e. The summed E-state index contributed by atoms with van der Waals surface area (Å²) >= 11 is 0. The molecule has 1 N–H and O–H groups in total. The van der Waals surface area contributed by atoms with E-state index in [4.69, 9.17) is 4.98 Å². The van der Waals surface area contributed by atoms with Crippen molar-refractivity contribution in [3.8, 4) is 0 Å². The van der Waals surface area contributed by atoms with Crippen molar-refractivity contribution >= 4 is 11.9 Å². The fourth-order valence-electron chi connectivity index (χ4n) is 4.48. The Morgan fingerprint density at radius 2 is 1.85 bits per heavy atom. The average Bonchev–Trinajstić information content (AvgIpc) is 3.04. The molecule has 1 aromatic heterocycles. The zero-order valence-corrected chi connectivity index (χ0v) is 15.7. The molecule has 142 valence electrons. The summed E-state index contributed by atoms with van der Waals surface area (Å²) in [5, 5.41) is 3.11. The van der Waals surface area contributed by atoms with Gasteiger partial charge in [-0.2, -0.15) is 0 Å². The SMILES string of the molecule is CC(=O)N1CCC(CNC(=O)N2CCn3c(nc4c3CCCC4)C2)CC1. The zero-order chi connectivity index (χ0) is 18.1. The molecule has 0 atom stereocenters. The monoisotopic (exact) mass is 359 g/mol. The second-order valence-electron chi connectivity index (χ2n) is 7.84. The van der Waals surface area contributed by atoms with Crippen LogP contribution in [0.25, 0.3) is 0 Å². The molecule has 0 radical (unpaired) electrons. The third kappa shape index (κ3) is 3.44. The first-order valence-electron chi connectivity index (χ1n) is 9.97. The Hall–Kier alpha value is -2.05. The van der Waals surface area contributed by atoms with Gasteiger partial charge in [-0.05, 0) is 44.4 Å². The summed E-state index contributed by atoms with van der Waals surface area (Å²) in [5.41, 5.74) is 2.66. The minimum atomic E-state index is 0.0196. The van der Waals surface area contributed by atoms with Crippen molar-refractivity contribution in [2.24, 2.45) is 5.92 Å². The molecule has 4 rings (SSSR count). The summed E-state index contributed by atoms with van der Waals surface area (Å²) in [7, 11) is 0. The average molecular weight is 359 g/mol. The highest BCUT2D eigenvalue weighted by Crippen LogP contribution is 2.25. The maximum Gasteiger partial charge on any atom is 0.317 e. The lowest BCUT2D eigenvalue weighted by atomic mass is 9.97. The van der Waals surface area contributed by atoms with Crippen molar-refractivity contribution in [3.05, 3.63) is 17.2 Å². The molecule has 3 aliphatic rings. The molecule has 0 aromatic carbocycles. The van der Waals surface area contributed by atoms with Crippen LogP contribution in [0, 0.1) is 5.92 Å². The van der Waals surface area contributed by atoms with Crippen molar-refractivity contribution in [1.29, 1.82) is 0 Å². The van der Waals surface area contributed by atoms with E-state index in [-0.39, 0.29) is 11.9 Å². The topological polar surface area (TPSA) is 70.5 Å². The molecule has 1 aromatic rings. The number of piperidine rings is 1. The summed E-state index contributed by atoms with van der Waals surface area (Å²) in [6.45, 7) is 6.17. The van der Waals surface area contributed by atoms with Crippen LogP contribution < -0.4 is 5.32 Å². The Morgan fingerprint density at radius 1 is 1.08 bits per heavy atom. The van der Waals surface area contributed by atoms with Gasteiger partial charge < -0.3 is 19.7 Å². The Bertz CT molecular complexity index is 690. The van der Waals surface area contributed by atoms with E-state index in [9.17, 15) is 9.59 Å². The van der Waals surface area contributed by atoms with Crippen molar-refractivity contribution in [3.63, 3.8) is 0 Å². The normalized spacial score (nSPS) is 20.5. The number of carbonyl (C=O) groups is 2. The van der Waals surface area contributed by atoms with Gasteiger partial charge in [-0.25, -0.2) is 9.78 Å². The van der Waals surface area contributed by atoms with Gasteiger partial charge in [-0.1, -0.05) is 0 Å². The molecule has 1 fully saturated rings. The fourth-order valence-corrected chi connectivity index (χ4v) is 4.48. The molecular formula is C19H29N5O2. The molecule has 0 bridgehead atoms. The van der Waals surface area contributed by atoms with Crippen LogP contribution in [-0.4, -0.2) is 57.5 Å². The molecular weight excluding hydrogens is 330 g/mol. The van der Waals surface area contributed by atoms with Gasteiger partial charge in [0, 0.05) is 45.3 Å². The summed E-state index contributed by atoms with van der Waals surface area (Å²) in [6.07, 6.45) is 6.64. The van der Waals surface area contributed by atoms with E-state index >= 15 is 0 Å². The van der Waals surface area contributed by atoms with Crippen LogP contribution >= 0.6 is 0 Å². The smallest absolute Gasteiger partial charge is 0.317 e. The molecule has 2 aliphatic heterocycles. The number of hydrogen-bond donors (Lipinski definition) is 1. The third-order valence-corrected chi connectivity index (χ3v) is 6.13. The second kappa shape index (κ2) is 7.29. The lowest BCUT2D eigenvalue weighted by molar-refractivity contribution is -0.130. The van der Waals surface area contributed by atoms with Gasteiger partial charge in [0.1, 0.15) is 5.82 Å². The minimum absolute atomic E-state index is 0.0196. The van der Waals surface area contributed by atoms with Crippen LogP contribution in [0.1, 0.15) is 49.8 Å². The Labute approximate surface area is 154 Å². The molecule has 26 heavy (non-hydrogen) atoms. The van der Waals surface area contributed by atoms with Gasteiger partial charge in [-0.3, -0.25) is 4.79 Å². The zero-order valence-electron chi connectivity index (χ0n) is 15.7. The predicted octanol–water partition coefficient (Wildman–Crippen LogP) is 1.55. The van der Waals surface area contributed by atoms with E-state index in [0.717, 1.165) is 57.7 Å². The van der Waals surface area contributed by atoms with Gasteiger partial charge in [0.25, 0.3) is 0 Å². The van der Waals surface area contributed by atoms with E-state index in [1.807, 2.05) is 9.80 Å². The number of hydrogen-bond acceptors (Lipinski definition) is 3. The number of carbonyl (C=O) groups excluding carboxylic acids is 2. The number of nitrogens with zero attached hydrogens (tertiary/aromatic N) is 4. The van der Waals surface area contributed by atoms with Gasteiger partial charge in [0.2, 0.25) is 5.91 Å². The van der Waals surface area contributed by atoms with E-state index < -0.39 is 0 Å². The highest BCUT2D eigenvalue weighted by atomic mass is 16.2. The number of imidazole rings is 1. The second-order valence-corrected chi connectivity index (χ2v) is 7.84. The van der Waals surface area contributed by atoms with Gasteiger partial charge >= 0.3 is 6.03 Å². The molecule has 0 spiro atoms. The number of nitrogens with one attached hydrogen (secondary N) is 1. The number of amides is 3. The summed E-state index contributed by atoms with van der Waals surface area (Å²) in [6, 6.07) is 0.0196. The largest absolute Gasteiger partial charge is 0.343 e. The lowest BCUT2D eigenvalue weighted by Crippen LogP contribution is -2.47. The summed E-state index contributed by atoms with van der Waals surface area (Å²) in [5.74, 6) is 1.67. The Morgan fingerprint density at radius 3 is 2.62 bits per heavy atom. The number of aryl methyl sites for hydroxylation is 1. The van der Waals surface area contributed by atoms with E-state index in [0.29, 0.717) is 19.0 Å². The Balaban J connectivity index is 1.28. The molecule has 1 saturated heterocycles. The third-order valence-electron chi connectivity index (χ3n) is 6.13. The highest BCUT2D eigenvalue weighted by molar-refractivity contribution is 5.74. The van der Waals surface area contributed by atoms with Crippen molar-refractivity contribution in [2.75, 3.05) is 26.2 Å². The van der Waals surface area contributed by atoms with Crippen LogP contribution in [0.4, 0.5) is 4.79 Å². The quantitative estimate of drug-likeness (QED) is 0.871. The maximum absolute atomic E-state index is 12.6. The van der Waals surface area contributed by atoms with Crippen molar-refractivity contribution < 1.29 is 9.59 Å². The van der Waals surface area contributed by atoms with Crippen LogP contribution in [0.5, 0.6) is 0 Å². The first-order chi connectivity index (χ1) is 12.6. The lowest BCUT2D eigenvalue weighted by Gasteiger charge is -2.33. The van der Waals surface area contributed by atoms with Crippen LogP contribution in [0.15, 0.2) is 0 Å². The number of fused-ring (bicyclic) bond motifs is 3. The van der Waals surface area contributed by atoms with Gasteiger partial charge in [0.05, 0.1) is 12.2 Å². The van der Waals surface area contributed by atoms with Gasteiger partial charge in [0.15, 0.2) is 0 Å². The number of rotatable bonds is 2.